The molecule has 0 spiro atoms. The van der Waals surface area contributed by atoms with Crippen molar-refractivity contribution in [2.24, 2.45) is 11.3 Å². The van der Waals surface area contributed by atoms with E-state index in [2.05, 4.69) is 19.2 Å². The van der Waals surface area contributed by atoms with Crippen LogP contribution in [0.1, 0.15) is 90.9 Å². The summed E-state index contributed by atoms with van der Waals surface area (Å²) in [5.74, 6) is 0.205. The summed E-state index contributed by atoms with van der Waals surface area (Å²) in [5, 5.41) is 83.7. The highest BCUT2D eigenvalue weighted by atomic mass is 16.7. The van der Waals surface area contributed by atoms with Crippen molar-refractivity contribution in [3.63, 3.8) is 0 Å². The van der Waals surface area contributed by atoms with Crippen LogP contribution >= 0.6 is 0 Å². The Morgan fingerprint density at radius 3 is 1.61 bits per heavy atom. The Labute approximate surface area is 272 Å². The molecule has 0 radical (unpaired) electrons. The molecule has 0 aromatic heterocycles. The molecule has 3 rings (SSSR count). The van der Waals surface area contributed by atoms with Gasteiger partial charge < -0.3 is 65.1 Å². The van der Waals surface area contributed by atoms with Crippen LogP contribution in [0.4, 0.5) is 0 Å². The van der Waals surface area contributed by atoms with Gasteiger partial charge in [-0.25, -0.2) is 0 Å². The fraction of sp³-hybridized carbons (Fsp3) is 0.969. The van der Waals surface area contributed by atoms with E-state index >= 15 is 0 Å². The van der Waals surface area contributed by atoms with E-state index in [0.717, 1.165) is 64.2 Å². The van der Waals surface area contributed by atoms with Crippen LogP contribution in [-0.4, -0.2) is 141 Å². The van der Waals surface area contributed by atoms with Gasteiger partial charge in [-0.1, -0.05) is 58.8 Å². The second-order valence-electron chi connectivity index (χ2n) is 13.4. The van der Waals surface area contributed by atoms with Crippen LogP contribution in [0.3, 0.4) is 0 Å². The number of ether oxygens (including phenoxy) is 4. The lowest BCUT2D eigenvalue weighted by Gasteiger charge is -2.43. The van der Waals surface area contributed by atoms with Gasteiger partial charge in [-0.05, 0) is 37.0 Å². The molecular weight excluding hydrogens is 606 g/mol. The number of amides is 1. The molecular formula is C32H59NO13. The first-order valence-electron chi connectivity index (χ1n) is 17.1. The van der Waals surface area contributed by atoms with Gasteiger partial charge in [0, 0.05) is 6.42 Å². The second-order valence-corrected chi connectivity index (χ2v) is 13.4. The molecule has 1 amide bonds. The third-order valence-electron chi connectivity index (χ3n) is 10.0. The minimum absolute atomic E-state index is 0.169. The van der Waals surface area contributed by atoms with Crippen LogP contribution in [0.2, 0.25) is 0 Å². The first-order valence-corrected chi connectivity index (χ1v) is 17.1. The molecule has 1 saturated carbocycles. The number of hydrogen-bond acceptors (Lipinski definition) is 13. The van der Waals surface area contributed by atoms with Gasteiger partial charge in [-0.3, -0.25) is 4.79 Å². The van der Waals surface area contributed by atoms with E-state index in [0.29, 0.717) is 12.3 Å². The quantitative estimate of drug-likeness (QED) is 0.0896. The fourth-order valence-corrected chi connectivity index (χ4v) is 7.19. The molecule has 0 bridgehead atoms. The largest absolute Gasteiger partial charge is 0.394 e. The van der Waals surface area contributed by atoms with Gasteiger partial charge in [0.1, 0.15) is 48.8 Å². The van der Waals surface area contributed by atoms with Crippen LogP contribution in [0, 0.1) is 11.3 Å². The maximum Gasteiger partial charge on any atom is 0.220 e. The highest BCUT2D eigenvalue weighted by Gasteiger charge is 2.46. The maximum absolute atomic E-state index is 13.9. The Bertz CT molecular complexity index is 825. The summed E-state index contributed by atoms with van der Waals surface area (Å²) in [6.07, 6.45) is -3.09. The normalized spacial score (nSPS) is 35.2. The minimum atomic E-state index is -1.65. The number of nitrogens with one attached hydrogen (secondary N) is 1. The summed E-state index contributed by atoms with van der Waals surface area (Å²) in [4.78, 5) is 13.9. The van der Waals surface area contributed by atoms with E-state index in [9.17, 15) is 45.6 Å². The highest BCUT2D eigenvalue weighted by molar-refractivity contribution is 5.77. The Morgan fingerprint density at radius 1 is 0.739 bits per heavy atom. The van der Waals surface area contributed by atoms with E-state index in [-0.39, 0.29) is 24.5 Å². The van der Waals surface area contributed by atoms with Gasteiger partial charge in [-0.2, -0.15) is 0 Å². The predicted octanol–water partition coefficient (Wildman–Crippen LogP) is -0.559. The van der Waals surface area contributed by atoms with Crippen molar-refractivity contribution in [1.29, 1.82) is 0 Å². The molecule has 3 aliphatic rings. The molecule has 1 aliphatic carbocycles. The number of unbranched alkanes of at least 4 members (excludes halogenated alkanes) is 2. The first kappa shape index (κ1) is 39.4. The number of hydrogen-bond donors (Lipinski definition) is 9. The van der Waals surface area contributed by atoms with Gasteiger partial charge in [0.15, 0.2) is 12.6 Å². The van der Waals surface area contributed by atoms with Crippen molar-refractivity contribution in [2.75, 3.05) is 26.4 Å². The van der Waals surface area contributed by atoms with Crippen molar-refractivity contribution >= 4 is 5.91 Å². The number of rotatable bonds is 18. The van der Waals surface area contributed by atoms with E-state index < -0.39 is 80.7 Å². The van der Waals surface area contributed by atoms with Crippen molar-refractivity contribution in [1.82, 2.24) is 5.32 Å². The van der Waals surface area contributed by atoms with E-state index in [4.69, 9.17) is 18.9 Å². The molecule has 0 aromatic carbocycles. The molecule has 14 nitrogen and oxygen atoms in total. The van der Waals surface area contributed by atoms with Crippen molar-refractivity contribution < 1.29 is 64.6 Å². The molecule has 6 unspecified atom stereocenters. The molecule has 14 heteroatoms. The lowest BCUT2D eigenvalue weighted by molar-refractivity contribution is -0.309. The van der Waals surface area contributed by atoms with Crippen LogP contribution < -0.4 is 5.32 Å². The van der Waals surface area contributed by atoms with Gasteiger partial charge in [0.05, 0.1) is 32.5 Å². The van der Waals surface area contributed by atoms with Gasteiger partial charge >= 0.3 is 0 Å². The zero-order valence-electron chi connectivity index (χ0n) is 27.4. The average molecular weight is 666 g/mol. The standard InChI is InChI=1S/C32H59NO13/c1-3-5-12-32(13-6-4-2,19-10-8-7-9-11-19)14-23(36)33-20(17-43-30-28(41)26(39)24(37)21(15-34)45-30)18-44-31-29(42)27(40)25(38)22(16-35)46-31/h19-22,24-31,34-35,37-42H,3-18H2,1-2H3,(H,33,36)/t20?,21?,22?,24-,25-,26?,27?,28?,29?,30-,31-/m0/s1. The molecule has 9 N–H and O–H groups in total. The minimum Gasteiger partial charge on any atom is -0.394 e. The van der Waals surface area contributed by atoms with E-state index in [1.54, 1.807) is 0 Å². The van der Waals surface area contributed by atoms with Crippen LogP contribution in [0.25, 0.3) is 0 Å². The zero-order chi connectivity index (χ0) is 33.9. The molecule has 46 heavy (non-hydrogen) atoms. The summed E-state index contributed by atoms with van der Waals surface area (Å²) in [6, 6.07) is -0.895. The zero-order valence-corrected chi connectivity index (χ0v) is 27.4. The Kier molecular flexibility index (Phi) is 16.5. The summed E-state index contributed by atoms with van der Waals surface area (Å²) >= 11 is 0. The van der Waals surface area contributed by atoms with Crippen LogP contribution in [0.15, 0.2) is 0 Å². The number of aliphatic hydroxyl groups excluding tert-OH is 8. The monoisotopic (exact) mass is 665 g/mol. The summed E-state index contributed by atoms with van der Waals surface area (Å²) in [7, 11) is 0. The van der Waals surface area contributed by atoms with Gasteiger partial charge in [-0.15, -0.1) is 0 Å². The van der Waals surface area contributed by atoms with E-state index in [1.165, 1.54) is 6.42 Å². The first-order chi connectivity index (χ1) is 22.0. The molecule has 270 valence electrons. The predicted molar refractivity (Wildman–Crippen MR) is 164 cm³/mol. The smallest absolute Gasteiger partial charge is 0.220 e. The molecule has 2 heterocycles. The second kappa shape index (κ2) is 19.2. The van der Waals surface area contributed by atoms with Crippen molar-refractivity contribution in [2.45, 2.75) is 158 Å². The summed E-state index contributed by atoms with van der Waals surface area (Å²) < 4.78 is 22.4. The van der Waals surface area contributed by atoms with Gasteiger partial charge in [0.2, 0.25) is 5.91 Å². The fourth-order valence-electron chi connectivity index (χ4n) is 7.19. The third-order valence-corrected chi connectivity index (χ3v) is 10.0. The Balaban J connectivity index is 1.78. The van der Waals surface area contributed by atoms with Crippen LogP contribution in [-0.2, 0) is 23.7 Å². The Hall–Kier alpha value is -1.01. The van der Waals surface area contributed by atoms with Crippen molar-refractivity contribution in [3.8, 4) is 0 Å². The van der Waals surface area contributed by atoms with E-state index in [1.807, 2.05) is 0 Å². The van der Waals surface area contributed by atoms with Gasteiger partial charge in [0.25, 0.3) is 0 Å². The molecule has 10 atom stereocenters. The summed E-state index contributed by atoms with van der Waals surface area (Å²) in [5.41, 5.74) is -0.169. The SMILES string of the molecule is CCCCC(CCCC)(CC(=O)NC(CO[C@H]1OC(CO)[C@H](O)C(O)C1O)CO[C@H]1OC(CO)[C@H](O)C(O)C1O)C1CCCCC1. The lowest BCUT2D eigenvalue weighted by Crippen LogP contribution is -2.60. The topological polar surface area (TPSA) is 228 Å². The van der Waals surface area contributed by atoms with Crippen molar-refractivity contribution in [3.05, 3.63) is 0 Å². The van der Waals surface area contributed by atoms with Crippen LogP contribution in [0.5, 0.6) is 0 Å². The average Bonchev–Trinajstić information content (AvgIpc) is 3.06. The number of aliphatic hydroxyl groups is 8. The molecule has 2 aliphatic heterocycles. The third kappa shape index (κ3) is 10.3. The lowest BCUT2D eigenvalue weighted by atomic mass is 9.62. The molecule has 3 fully saturated rings. The number of carbonyl (C=O) groups is 1. The highest BCUT2D eigenvalue weighted by Crippen LogP contribution is 2.48. The number of carbonyl (C=O) groups excluding carboxylic acids is 1. The Morgan fingerprint density at radius 2 is 1.20 bits per heavy atom. The molecule has 2 saturated heterocycles. The molecule has 0 aromatic rings. The maximum atomic E-state index is 13.9. The summed E-state index contributed by atoms with van der Waals surface area (Å²) in [6.45, 7) is 2.43.